The van der Waals surface area contributed by atoms with Crippen molar-refractivity contribution in [2.45, 2.75) is 63.2 Å². The molecule has 2 N–H and O–H groups in total. The Balaban J connectivity index is 1.16. The van der Waals surface area contributed by atoms with Gasteiger partial charge in [-0.3, -0.25) is 19.2 Å². The van der Waals surface area contributed by atoms with Gasteiger partial charge in [-0.1, -0.05) is 54.6 Å². The van der Waals surface area contributed by atoms with Crippen molar-refractivity contribution in [3.05, 3.63) is 95.8 Å². The highest BCUT2D eigenvalue weighted by Gasteiger charge is 2.66. The van der Waals surface area contributed by atoms with Crippen LogP contribution in [0.5, 0.6) is 5.75 Å². The predicted octanol–water partition coefficient (Wildman–Crippen LogP) is 4.30. The van der Waals surface area contributed by atoms with Crippen molar-refractivity contribution in [2.75, 3.05) is 23.0 Å². The lowest BCUT2D eigenvalue weighted by Gasteiger charge is -2.32. The molecule has 12 heteroatoms. The molecule has 4 heterocycles. The molecule has 244 valence electrons. The van der Waals surface area contributed by atoms with Crippen LogP contribution in [0.15, 0.2) is 79.0 Å². The predicted molar refractivity (Wildman–Crippen MR) is 178 cm³/mol. The van der Waals surface area contributed by atoms with Crippen LogP contribution < -0.4 is 14.5 Å². The minimum atomic E-state index is -2.81. The average Bonchev–Trinajstić information content (AvgIpc) is 3.70. The highest BCUT2D eigenvalue weighted by atomic mass is 28.4. The van der Waals surface area contributed by atoms with Crippen LogP contribution in [0, 0.1) is 5.92 Å². The lowest BCUT2D eigenvalue weighted by Crippen LogP contribution is -2.46. The standard InChI is InChI=1S/C35H39N5O6Si/c1-23-33(47(2,3)44)31(16-18-38-21-25(17-19-41)36-37-38)46-35(23)27-8-4-5-9-28(27)39(34(35)43)20-24-12-14-26(15-13-24)40-29-10-6-7-11-30(29)45-22-32(40)42/h4-15,21,23,31,33,41,44H,16-20,22H2,1-3H3/t23-,31+,33-,35+/m1/s1. The number of nitrogens with zero attached hydrogens (tertiary/aromatic N) is 5. The Morgan fingerprint density at radius 3 is 2.47 bits per heavy atom. The normalized spacial score (nSPS) is 23.7. The van der Waals surface area contributed by atoms with Gasteiger partial charge in [0, 0.05) is 48.5 Å². The molecule has 0 unspecified atom stereocenters. The fraction of sp³-hybridized carbons (Fsp3) is 0.371. The molecule has 4 atom stereocenters. The molecule has 2 amide bonds. The number of aliphatic hydroxyl groups excluding tert-OH is 1. The van der Waals surface area contributed by atoms with Gasteiger partial charge in [0.25, 0.3) is 11.8 Å². The molecule has 0 saturated carbocycles. The van der Waals surface area contributed by atoms with Crippen molar-refractivity contribution in [3.63, 3.8) is 0 Å². The van der Waals surface area contributed by atoms with Crippen molar-refractivity contribution < 1.29 is 29.0 Å². The maximum atomic E-state index is 14.7. The second kappa shape index (κ2) is 12.0. The second-order valence-corrected chi connectivity index (χ2v) is 17.1. The summed E-state index contributed by atoms with van der Waals surface area (Å²) in [6, 6.07) is 22.9. The van der Waals surface area contributed by atoms with Crippen molar-refractivity contribution >= 4 is 37.2 Å². The zero-order valence-corrected chi connectivity index (χ0v) is 27.7. The van der Waals surface area contributed by atoms with Gasteiger partial charge in [-0.25, -0.2) is 0 Å². The monoisotopic (exact) mass is 653 g/mol. The van der Waals surface area contributed by atoms with Crippen LogP contribution >= 0.6 is 0 Å². The molecule has 1 spiro atoms. The molecular formula is C35H39N5O6Si. The molecule has 0 aliphatic carbocycles. The molecule has 3 aliphatic rings. The number of hydrogen-bond donors (Lipinski definition) is 2. The Morgan fingerprint density at radius 1 is 1.00 bits per heavy atom. The lowest BCUT2D eigenvalue weighted by molar-refractivity contribution is -0.146. The number of para-hydroxylation sites is 3. The Kier molecular flexibility index (Phi) is 7.99. The van der Waals surface area contributed by atoms with E-state index in [-0.39, 0.29) is 42.6 Å². The Bertz CT molecular complexity index is 1810. The first-order chi connectivity index (χ1) is 22.6. The van der Waals surface area contributed by atoms with E-state index in [0.29, 0.717) is 43.1 Å². The molecule has 3 aliphatic heterocycles. The molecule has 1 aromatic heterocycles. The van der Waals surface area contributed by atoms with Crippen LogP contribution in [0.2, 0.25) is 18.6 Å². The van der Waals surface area contributed by atoms with Crippen LogP contribution in [0.25, 0.3) is 0 Å². The summed E-state index contributed by atoms with van der Waals surface area (Å²) in [7, 11) is -2.81. The zero-order valence-electron chi connectivity index (χ0n) is 26.7. The lowest BCUT2D eigenvalue weighted by atomic mass is 9.82. The van der Waals surface area contributed by atoms with E-state index in [9.17, 15) is 19.5 Å². The van der Waals surface area contributed by atoms with Gasteiger partial charge in [0.15, 0.2) is 20.5 Å². The summed E-state index contributed by atoms with van der Waals surface area (Å²) >= 11 is 0. The number of carbonyl (C=O) groups excluding carboxylic acids is 2. The number of hydrogen-bond acceptors (Lipinski definition) is 8. The van der Waals surface area contributed by atoms with Crippen LogP contribution in [0.3, 0.4) is 0 Å². The number of aliphatic hydroxyl groups is 1. The number of benzene rings is 3. The molecule has 4 aromatic rings. The SMILES string of the molecule is C[C@@H]1[C@@H]([Si](C)(C)O)[C@H](CCn2cc(CCO)nn2)O[C@@]12C(=O)N(Cc1ccc(N3C(=O)COc4ccccc43)cc1)c1ccccc12. The number of anilines is 3. The first kappa shape index (κ1) is 31.2. The van der Waals surface area contributed by atoms with Crippen molar-refractivity contribution in [2.24, 2.45) is 5.92 Å². The summed E-state index contributed by atoms with van der Waals surface area (Å²) in [6.07, 6.45) is 2.43. The van der Waals surface area contributed by atoms with Gasteiger partial charge in [-0.05, 0) is 55.4 Å². The van der Waals surface area contributed by atoms with Gasteiger partial charge in [0.2, 0.25) is 0 Å². The number of carbonyl (C=O) groups is 2. The fourth-order valence-electron chi connectivity index (χ4n) is 7.71. The highest BCUT2D eigenvalue weighted by Crippen LogP contribution is 2.59. The van der Waals surface area contributed by atoms with Crippen LogP contribution in [0.4, 0.5) is 17.1 Å². The number of amides is 2. The molecule has 11 nitrogen and oxygen atoms in total. The summed E-state index contributed by atoms with van der Waals surface area (Å²) in [5.41, 5.74) is 3.23. The van der Waals surface area contributed by atoms with Gasteiger partial charge < -0.3 is 24.3 Å². The van der Waals surface area contributed by atoms with Crippen LogP contribution in [-0.2, 0) is 39.4 Å². The Hall–Kier alpha value is -4.36. The van der Waals surface area contributed by atoms with Gasteiger partial charge in [-0.2, -0.15) is 0 Å². The maximum Gasteiger partial charge on any atom is 0.269 e. The topological polar surface area (TPSA) is 130 Å². The van der Waals surface area contributed by atoms with Crippen LogP contribution in [0.1, 0.15) is 30.2 Å². The molecular weight excluding hydrogens is 615 g/mol. The summed E-state index contributed by atoms with van der Waals surface area (Å²) < 4.78 is 14.3. The van der Waals surface area contributed by atoms with E-state index >= 15 is 0 Å². The van der Waals surface area contributed by atoms with Gasteiger partial charge >= 0.3 is 0 Å². The number of fused-ring (bicyclic) bond motifs is 3. The summed E-state index contributed by atoms with van der Waals surface area (Å²) in [6.45, 7) is 6.67. The quantitative estimate of drug-likeness (QED) is 0.256. The first-order valence-electron chi connectivity index (χ1n) is 16.1. The van der Waals surface area contributed by atoms with E-state index in [1.165, 1.54) is 0 Å². The Morgan fingerprint density at radius 2 is 1.72 bits per heavy atom. The second-order valence-electron chi connectivity index (χ2n) is 13.2. The molecule has 47 heavy (non-hydrogen) atoms. The number of rotatable bonds is 9. The maximum absolute atomic E-state index is 14.7. The van der Waals surface area contributed by atoms with E-state index in [4.69, 9.17) is 9.47 Å². The summed E-state index contributed by atoms with van der Waals surface area (Å²) in [5.74, 6) is 0.103. The van der Waals surface area contributed by atoms with Crippen molar-refractivity contribution in [1.29, 1.82) is 0 Å². The average molecular weight is 654 g/mol. The molecule has 7 rings (SSSR count). The van der Waals surface area contributed by atoms with E-state index in [1.54, 1.807) is 14.5 Å². The largest absolute Gasteiger partial charge is 0.482 e. The van der Waals surface area contributed by atoms with E-state index in [2.05, 4.69) is 10.3 Å². The summed E-state index contributed by atoms with van der Waals surface area (Å²) in [5, 5.41) is 17.6. The summed E-state index contributed by atoms with van der Waals surface area (Å²) in [4.78, 5) is 42.5. The third-order valence-electron chi connectivity index (χ3n) is 9.73. The van der Waals surface area contributed by atoms with E-state index in [0.717, 1.165) is 22.5 Å². The highest BCUT2D eigenvalue weighted by molar-refractivity contribution is 6.71. The molecule has 0 bridgehead atoms. The molecule has 3 aromatic carbocycles. The number of aryl methyl sites for hydroxylation is 1. The zero-order chi connectivity index (χ0) is 32.9. The van der Waals surface area contributed by atoms with E-state index < -0.39 is 13.9 Å². The first-order valence-corrected chi connectivity index (χ1v) is 19.1. The smallest absolute Gasteiger partial charge is 0.269 e. The van der Waals surface area contributed by atoms with E-state index in [1.807, 2.05) is 99.0 Å². The van der Waals surface area contributed by atoms with Gasteiger partial charge in [-0.15, -0.1) is 5.10 Å². The minimum absolute atomic E-state index is 0.00107. The number of aromatic nitrogens is 3. The van der Waals surface area contributed by atoms with Gasteiger partial charge in [0.05, 0.1) is 29.7 Å². The van der Waals surface area contributed by atoms with Crippen molar-refractivity contribution in [3.8, 4) is 5.75 Å². The van der Waals surface area contributed by atoms with Crippen LogP contribution in [-0.4, -0.2) is 64.3 Å². The third kappa shape index (κ3) is 5.34. The molecule has 0 radical (unpaired) electrons. The fourth-order valence-corrected chi connectivity index (χ4v) is 10.3. The van der Waals surface area contributed by atoms with Gasteiger partial charge in [0.1, 0.15) is 5.75 Å². The molecule has 1 fully saturated rings. The molecule has 1 saturated heterocycles. The Labute approximate surface area is 274 Å². The minimum Gasteiger partial charge on any atom is -0.482 e. The number of ether oxygens (including phenoxy) is 2. The van der Waals surface area contributed by atoms with Crippen molar-refractivity contribution in [1.82, 2.24) is 15.0 Å². The third-order valence-corrected chi connectivity index (χ3v) is 12.2.